The Bertz CT molecular complexity index is 234. The van der Waals surface area contributed by atoms with Gasteiger partial charge in [0, 0.05) is 0 Å². The maximum absolute atomic E-state index is 9.99. The molecule has 0 aromatic rings. The minimum Gasteiger partial charge on any atom is -0.386 e. The first-order valence-corrected chi connectivity index (χ1v) is 5.18. The molecule has 0 saturated carbocycles. The SMILES string of the molecule is O=P(=O)C(O)C(O)C(O)P(=O)=O. The van der Waals surface area contributed by atoms with Crippen molar-refractivity contribution in [3.8, 4) is 0 Å². The van der Waals surface area contributed by atoms with Crippen molar-refractivity contribution in [3.63, 3.8) is 0 Å². The first-order valence-electron chi connectivity index (χ1n) is 2.69. The maximum atomic E-state index is 9.99. The molecule has 0 radical (unpaired) electrons. The highest BCUT2D eigenvalue weighted by Gasteiger charge is 2.32. The fourth-order valence-electron chi connectivity index (χ4n) is 0.403. The van der Waals surface area contributed by atoms with Crippen LogP contribution in [0.2, 0.25) is 0 Å². The molecule has 70 valence electrons. The Morgan fingerprint density at radius 3 is 1.17 bits per heavy atom. The third-order valence-electron chi connectivity index (χ3n) is 1.04. The minimum absolute atomic E-state index is 2.23. The highest BCUT2D eigenvalue weighted by atomic mass is 31.1. The summed E-state index contributed by atoms with van der Waals surface area (Å²) in [7, 11) is -6.76. The van der Waals surface area contributed by atoms with Crippen LogP contribution in [0.1, 0.15) is 0 Å². The van der Waals surface area contributed by atoms with Gasteiger partial charge >= 0.3 is 15.4 Å². The maximum Gasteiger partial charge on any atom is 0.347 e. The van der Waals surface area contributed by atoms with Crippen molar-refractivity contribution in [2.75, 3.05) is 0 Å². The molecule has 0 fully saturated rings. The van der Waals surface area contributed by atoms with E-state index in [-0.39, 0.29) is 0 Å². The molecule has 0 aromatic heterocycles. The lowest BCUT2D eigenvalue weighted by atomic mass is 10.4. The second-order valence-electron chi connectivity index (χ2n) is 1.89. The standard InChI is InChI=1S/C3H6O7P2/c4-1(2(5)11(7)8)3(6)12(9)10/h1-6H. The average Bonchev–Trinajstić information content (AvgIpc) is 2.00. The topological polar surface area (TPSA) is 129 Å². The Hall–Kier alpha value is -0.320. The first-order chi connectivity index (χ1) is 5.37. The summed E-state index contributed by atoms with van der Waals surface area (Å²) < 4.78 is 39.9. The van der Waals surface area contributed by atoms with E-state index in [1.165, 1.54) is 0 Å². The first kappa shape index (κ1) is 11.7. The molecular weight excluding hydrogens is 210 g/mol. The highest BCUT2D eigenvalue weighted by molar-refractivity contribution is 7.32. The lowest BCUT2D eigenvalue weighted by Crippen LogP contribution is -2.31. The van der Waals surface area contributed by atoms with E-state index in [2.05, 4.69) is 0 Å². The molecule has 2 atom stereocenters. The van der Waals surface area contributed by atoms with Gasteiger partial charge in [-0.25, -0.2) is 18.3 Å². The molecule has 7 nitrogen and oxygen atoms in total. The molecule has 0 aromatic carbocycles. The van der Waals surface area contributed by atoms with Gasteiger partial charge in [-0.3, -0.25) is 0 Å². The van der Waals surface area contributed by atoms with E-state index in [1.807, 2.05) is 0 Å². The summed E-state index contributed by atoms with van der Waals surface area (Å²) in [6, 6.07) is 0. The number of aliphatic hydroxyl groups is 3. The van der Waals surface area contributed by atoms with Crippen molar-refractivity contribution in [2.45, 2.75) is 17.8 Å². The van der Waals surface area contributed by atoms with Gasteiger partial charge in [0.05, 0.1) is 0 Å². The normalized spacial score (nSPS) is 17.9. The third kappa shape index (κ3) is 2.97. The van der Waals surface area contributed by atoms with Crippen molar-refractivity contribution in [2.24, 2.45) is 0 Å². The Balaban J connectivity index is 4.48. The molecule has 0 aliphatic rings. The van der Waals surface area contributed by atoms with Gasteiger partial charge in [-0.15, -0.1) is 0 Å². The molecule has 0 saturated heterocycles. The zero-order valence-corrected chi connectivity index (χ0v) is 7.39. The Morgan fingerprint density at radius 2 is 1.00 bits per heavy atom. The van der Waals surface area contributed by atoms with Crippen LogP contribution in [0.4, 0.5) is 0 Å². The van der Waals surface area contributed by atoms with Crippen molar-refractivity contribution in [3.05, 3.63) is 0 Å². The van der Waals surface area contributed by atoms with Crippen molar-refractivity contribution in [1.29, 1.82) is 0 Å². The predicted octanol–water partition coefficient (Wildman–Crippen LogP) is -0.670. The summed E-state index contributed by atoms with van der Waals surface area (Å²) in [6.07, 6.45) is -2.23. The van der Waals surface area contributed by atoms with Gasteiger partial charge in [0.1, 0.15) is 6.10 Å². The average molecular weight is 216 g/mol. The van der Waals surface area contributed by atoms with Gasteiger partial charge < -0.3 is 15.3 Å². The summed E-state index contributed by atoms with van der Waals surface area (Å²) in [5, 5.41) is 25.7. The van der Waals surface area contributed by atoms with E-state index in [0.29, 0.717) is 0 Å². The number of hydrogen-bond acceptors (Lipinski definition) is 7. The number of aliphatic hydroxyl groups excluding tert-OH is 3. The van der Waals surface area contributed by atoms with Crippen molar-refractivity contribution >= 4 is 15.4 Å². The van der Waals surface area contributed by atoms with Crippen LogP contribution < -0.4 is 0 Å². The second-order valence-corrected chi connectivity index (χ2v) is 4.09. The molecule has 9 heteroatoms. The van der Waals surface area contributed by atoms with Gasteiger partial charge in [0.15, 0.2) is 11.7 Å². The lowest BCUT2D eigenvalue weighted by molar-refractivity contribution is 0.00395. The summed E-state index contributed by atoms with van der Waals surface area (Å²) in [6.45, 7) is 0. The summed E-state index contributed by atoms with van der Waals surface area (Å²) >= 11 is 0. The van der Waals surface area contributed by atoms with E-state index in [4.69, 9.17) is 15.3 Å². The zero-order chi connectivity index (χ0) is 9.89. The van der Waals surface area contributed by atoms with Crippen molar-refractivity contribution < 1.29 is 33.6 Å². The lowest BCUT2D eigenvalue weighted by Gasteiger charge is -2.11. The summed E-state index contributed by atoms with van der Waals surface area (Å²) in [5.41, 5.74) is 0. The van der Waals surface area contributed by atoms with Crippen LogP contribution in [0, 0.1) is 0 Å². The van der Waals surface area contributed by atoms with Crippen LogP contribution in [0.3, 0.4) is 0 Å². The molecule has 0 amide bonds. The fraction of sp³-hybridized carbons (Fsp3) is 1.00. The quantitative estimate of drug-likeness (QED) is 0.531. The Morgan fingerprint density at radius 1 is 0.750 bits per heavy atom. The minimum atomic E-state index is -3.38. The van der Waals surface area contributed by atoms with E-state index in [0.717, 1.165) is 0 Å². The molecule has 0 aliphatic carbocycles. The third-order valence-corrected chi connectivity index (χ3v) is 2.52. The predicted molar refractivity (Wildman–Crippen MR) is 34.6 cm³/mol. The molecule has 3 N–H and O–H groups in total. The molecule has 0 spiro atoms. The number of rotatable bonds is 4. The van der Waals surface area contributed by atoms with Crippen LogP contribution in [-0.4, -0.2) is 33.1 Å². The van der Waals surface area contributed by atoms with Gasteiger partial charge in [-0.2, -0.15) is 0 Å². The van der Waals surface area contributed by atoms with E-state index in [9.17, 15) is 18.3 Å². The van der Waals surface area contributed by atoms with Gasteiger partial charge in [0.2, 0.25) is 0 Å². The Labute approximate surface area is 67.7 Å². The smallest absolute Gasteiger partial charge is 0.347 e. The molecular formula is C3H6O7P2. The van der Waals surface area contributed by atoms with Crippen LogP contribution in [-0.2, 0) is 18.3 Å². The van der Waals surface area contributed by atoms with Crippen LogP contribution in [0.5, 0.6) is 0 Å². The molecule has 0 aliphatic heterocycles. The van der Waals surface area contributed by atoms with Gasteiger partial charge in [-0.1, -0.05) is 0 Å². The largest absolute Gasteiger partial charge is 0.386 e. The van der Waals surface area contributed by atoms with E-state index < -0.39 is 33.2 Å². The van der Waals surface area contributed by atoms with E-state index >= 15 is 0 Å². The Kier molecular flexibility index (Phi) is 4.52. The molecule has 0 bridgehead atoms. The van der Waals surface area contributed by atoms with Crippen LogP contribution >= 0.6 is 15.4 Å². The zero-order valence-electron chi connectivity index (χ0n) is 5.60. The highest BCUT2D eigenvalue weighted by Crippen LogP contribution is 2.24. The molecule has 2 unspecified atom stereocenters. The summed E-state index contributed by atoms with van der Waals surface area (Å²) in [5.74, 6) is -4.55. The van der Waals surface area contributed by atoms with Gasteiger partial charge in [-0.05, 0) is 0 Å². The summed E-state index contributed by atoms with van der Waals surface area (Å²) in [4.78, 5) is 0. The van der Waals surface area contributed by atoms with Crippen molar-refractivity contribution in [1.82, 2.24) is 0 Å². The van der Waals surface area contributed by atoms with E-state index in [1.54, 1.807) is 0 Å². The molecule has 12 heavy (non-hydrogen) atoms. The molecule has 0 heterocycles. The number of hydrogen-bond donors (Lipinski definition) is 3. The van der Waals surface area contributed by atoms with Crippen LogP contribution in [0.25, 0.3) is 0 Å². The fourth-order valence-corrected chi connectivity index (χ4v) is 1.36. The van der Waals surface area contributed by atoms with Gasteiger partial charge in [0.25, 0.3) is 0 Å². The second kappa shape index (κ2) is 4.64. The van der Waals surface area contributed by atoms with Crippen LogP contribution in [0.15, 0.2) is 0 Å². The molecule has 0 rings (SSSR count). The monoisotopic (exact) mass is 216 g/mol.